The van der Waals surface area contributed by atoms with Crippen molar-refractivity contribution in [3.05, 3.63) is 28.6 Å². The summed E-state index contributed by atoms with van der Waals surface area (Å²) in [6.07, 6.45) is 1.89. The topological polar surface area (TPSA) is 38.9 Å². The highest BCUT2D eigenvalue weighted by atomic mass is 14.8. The van der Waals surface area contributed by atoms with Gasteiger partial charge in [-0.15, -0.1) is 0 Å². The van der Waals surface area contributed by atoms with Gasteiger partial charge >= 0.3 is 0 Å². The standard InChI is InChI=1S/C10H16N2/c1-6-5-12-10(9(4)11)8(3)7(6)2/h5,9H,11H2,1-4H3. The summed E-state index contributed by atoms with van der Waals surface area (Å²) in [5.41, 5.74) is 10.5. The van der Waals surface area contributed by atoms with Crippen LogP contribution in [0.15, 0.2) is 6.20 Å². The Bertz CT molecular complexity index is 290. The van der Waals surface area contributed by atoms with Crippen molar-refractivity contribution in [1.29, 1.82) is 0 Å². The van der Waals surface area contributed by atoms with Crippen molar-refractivity contribution < 1.29 is 0 Å². The van der Waals surface area contributed by atoms with Crippen molar-refractivity contribution in [2.24, 2.45) is 5.73 Å². The minimum atomic E-state index is 0.0318. The van der Waals surface area contributed by atoms with Gasteiger partial charge in [0.2, 0.25) is 0 Å². The second kappa shape index (κ2) is 3.23. The maximum absolute atomic E-state index is 5.77. The average Bonchev–Trinajstić information content (AvgIpc) is 2.00. The molecule has 1 unspecified atom stereocenters. The summed E-state index contributed by atoms with van der Waals surface area (Å²) in [6, 6.07) is 0.0318. The Kier molecular flexibility index (Phi) is 2.48. The monoisotopic (exact) mass is 164 g/mol. The third kappa shape index (κ3) is 1.48. The molecule has 1 atom stereocenters. The number of hydrogen-bond acceptors (Lipinski definition) is 2. The Hall–Kier alpha value is -0.890. The summed E-state index contributed by atoms with van der Waals surface area (Å²) >= 11 is 0. The maximum atomic E-state index is 5.77. The molecule has 1 aromatic rings. The third-order valence-corrected chi connectivity index (χ3v) is 2.37. The first-order valence-electron chi connectivity index (χ1n) is 4.22. The molecule has 0 spiro atoms. The first-order chi connectivity index (χ1) is 5.54. The van der Waals surface area contributed by atoms with Crippen LogP contribution in [0.2, 0.25) is 0 Å². The van der Waals surface area contributed by atoms with E-state index in [1.165, 1.54) is 16.7 Å². The van der Waals surface area contributed by atoms with Gasteiger partial charge in [0, 0.05) is 12.2 Å². The molecule has 12 heavy (non-hydrogen) atoms. The minimum Gasteiger partial charge on any atom is -0.323 e. The molecule has 0 radical (unpaired) electrons. The largest absolute Gasteiger partial charge is 0.323 e. The predicted octanol–water partition coefficient (Wildman–Crippen LogP) is 2.03. The molecule has 2 N–H and O–H groups in total. The summed E-state index contributed by atoms with van der Waals surface area (Å²) in [6.45, 7) is 8.22. The average molecular weight is 164 g/mol. The lowest BCUT2D eigenvalue weighted by molar-refractivity contribution is 0.767. The maximum Gasteiger partial charge on any atom is 0.0600 e. The fourth-order valence-corrected chi connectivity index (χ4v) is 1.31. The van der Waals surface area contributed by atoms with Crippen LogP contribution >= 0.6 is 0 Å². The van der Waals surface area contributed by atoms with E-state index >= 15 is 0 Å². The number of nitrogens with zero attached hydrogens (tertiary/aromatic N) is 1. The van der Waals surface area contributed by atoms with Gasteiger partial charge in [-0.1, -0.05) is 0 Å². The van der Waals surface area contributed by atoms with Crippen LogP contribution in [0.4, 0.5) is 0 Å². The van der Waals surface area contributed by atoms with Crippen LogP contribution in [-0.2, 0) is 0 Å². The van der Waals surface area contributed by atoms with Crippen molar-refractivity contribution in [1.82, 2.24) is 4.98 Å². The van der Waals surface area contributed by atoms with Crippen LogP contribution in [0, 0.1) is 20.8 Å². The fraction of sp³-hybridized carbons (Fsp3) is 0.500. The molecule has 1 rings (SSSR count). The van der Waals surface area contributed by atoms with E-state index in [0.717, 1.165) is 5.69 Å². The second-order valence-corrected chi connectivity index (χ2v) is 3.37. The molecular formula is C10H16N2. The van der Waals surface area contributed by atoms with Gasteiger partial charge in [0.05, 0.1) is 5.69 Å². The van der Waals surface area contributed by atoms with E-state index in [4.69, 9.17) is 5.73 Å². The zero-order valence-corrected chi connectivity index (χ0v) is 8.18. The number of nitrogens with two attached hydrogens (primary N) is 1. The summed E-state index contributed by atoms with van der Waals surface area (Å²) in [5, 5.41) is 0. The van der Waals surface area contributed by atoms with Gasteiger partial charge in [0.25, 0.3) is 0 Å². The lowest BCUT2D eigenvalue weighted by Gasteiger charge is -2.12. The molecule has 1 heterocycles. The fourth-order valence-electron chi connectivity index (χ4n) is 1.31. The smallest absolute Gasteiger partial charge is 0.0600 e. The summed E-state index contributed by atoms with van der Waals surface area (Å²) < 4.78 is 0. The van der Waals surface area contributed by atoms with Crippen LogP contribution in [-0.4, -0.2) is 4.98 Å². The van der Waals surface area contributed by atoms with E-state index in [1.54, 1.807) is 0 Å². The Labute approximate surface area is 73.8 Å². The van der Waals surface area contributed by atoms with Crippen molar-refractivity contribution in [3.8, 4) is 0 Å². The van der Waals surface area contributed by atoms with E-state index in [1.807, 2.05) is 13.1 Å². The lowest BCUT2D eigenvalue weighted by Crippen LogP contribution is -2.10. The molecule has 2 nitrogen and oxygen atoms in total. The third-order valence-electron chi connectivity index (χ3n) is 2.37. The minimum absolute atomic E-state index is 0.0318. The van der Waals surface area contributed by atoms with Gasteiger partial charge < -0.3 is 5.73 Å². The van der Waals surface area contributed by atoms with Gasteiger partial charge in [-0.2, -0.15) is 0 Å². The number of aryl methyl sites for hydroxylation is 1. The van der Waals surface area contributed by atoms with Crippen LogP contribution < -0.4 is 5.73 Å². The molecule has 0 aliphatic rings. The number of aromatic nitrogens is 1. The lowest BCUT2D eigenvalue weighted by atomic mass is 10.0. The highest BCUT2D eigenvalue weighted by Gasteiger charge is 2.07. The molecule has 0 fully saturated rings. The zero-order chi connectivity index (χ0) is 9.30. The molecule has 0 bridgehead atoms. The van der Waals surface area contributed by atoms with Crippen LogP contribution in [0.1, 0.15) is 35.3 Å². The van der Waals surface area contributed by atoms with E-state index in [2.05, 4.69) is 25.8 Å². The molecule has 0 saturated carbocycles. The molecule has 2 heteroatoms. The van der Waals surface area contributed by atoms with Gasteiger partial charge in [-0.3, -0.25) is 4.98 Å². The van der Waals surface area contributed by atoms with E-state index in [-0.39, 0.29) is 6.04 Å². The predicted molar refractivity (Wildman–Crippen MR) is 51.1 cm³/mol. The normalized spacial score (nSPS) is 13.1. The van der Waals surface area contributed by atoms with Crippen molar-refractivity contribution in [2.45, 2.75) is 33.7 Å². The number of rotatable bonds is 1. The molecule has 0 amide bonds. The SMILES string of the molecule is Cc1cnc(C(C)N)c(C)c1C. The number of pyridine rings is 1. The molecule has 0 aliphatic heterocycles. The zero-order valence-electron chi connectivity index (χ0n) is 8.18. The van der Waals surface area contributed by atoms with Crippen LogP contribution in [0.25, 0.3) is 0 Å². The highest BCUT2D eigenvalue weighted by Crippen LogP contribution is 2.18. The van der Waals surface area contributed by atoms with Gasteiger partial charge in [-0.25, -0.2) is 0 Å². The Morgan fingerprint density at radius 3 is 2.33 bits per heavy atom. The Morgan fingerprint density at radius 1 is 1.25 bits per heavy atom. The van der Waals surface area contributed by atoms with Crippen LogP contribution in [0.3, 0.4) is 0 Å². The van der Waals surface area contributed by atoms with Crippen molar-refractivity contribution in [3.63, 3.8) is 0 Å². The highest BCUT2D eigenvalue weighted by molar-refractivity contribution is 5.34. The first kappa shape index (κ1) is 9.20. The van der Waals surface area contributed by atoms with Crippen molar-refractivity contribution in [2.75, 3.05) is 0 Å². The van der Waals surface area contributed by atoms with Gasteiger partial charge in [0.1, 0.15) is 0 Å². The van der Waals surface area contributed by atoms with E-state index in [0.29, 0.717) is 0 Å². The molecule has 1 aromatic heterocycles. The molecular weight excluding hydrogens is 148 g/mol. The molecule has 66 valence electrons. The van der Waals surface area contributed by atoms with Gasteiger partial charge in [0.15, 0.2) is 0 Å². The second-order valence-electron chi connectivity index (χ2n) is 3.37. The molecule has 0 aromatic carbocycles. The summed E-state index contributed by atoms with van der Waals surface area (Å²) in [5.74, 6) is 0. The van der Waals surface area contributed by atoms with Crippen molar-refractivity contribution >= 4 is 0 Å². The number of hydrogen-bond donors (Lipinski definition) is 1. The quantitative estimate of drug-likeness (QED) is 0.689. The van der Waals surface area contributed by atoms with E-state index < -0.39 is 0 Å². The first-order valence-corrected chi connectivity index (χ1v) is 4.22. The molecule has 0 saturated heterocycles. The van der Waals surface area contributed by atoms with Crippen LogP contribution in [0.5, 0.6) is 0 Å². The summed E-state index contributed by atoms with van der Waals surface area (Å²) in [7, 11) is 0. The summed E-state index contributed by atoms with van der Waals surface area (Å²) in [4.78, 5) is 4.31. The molecule has 0 aliphatic carbocycles. The Morgan fingerprint density at radius 2 is 1.83 bits per heavy atom. The van der Waals surface area contributed by atoms with E-state index in [9.17, 15) is 0 Å². The van der Waals surface area contributed by atoms with Gasteiger partial charge in [-0.05, 0) is 44.4 Å². The Balaban J connectivity index is 3.27.